The number of fused-ring (bicyclic) bond motifs is 8. The molecule has 0 fully saturated rings. The zero-order valence-electron chi connectivity index (χ0n) is 25.5. The van der Waals surface area contributed by atoms with Crippen LogP contribution in [-0.2, 0) is 0 Å². The maximum Gasteiger partial charge on any atom is 0.103 e. The van der Waals surface area contributed by atoms with Crippen LogP contribution in [0.4, 0.5) is 5.69 Å². The quantitative estimate of drug-likeness (QED) is 0.212. The molecule has 0 radical (unpaired) electrons. The fraction of sp³-hybridized carbons (Fsp3) is 0.0233. The second kappa shape index (κ2) is 10.4. The lowest BCUT2D eigenvalue weighted by atomic mass is 10.0. The molecule has 1 atom stereocenters. The van der Waals surface area contributed by atoms with E-state index >= 15 is 0 Å². The molecule has 1 unspecified atom stereocenters. The molecule has 2 aromatic heterocycles. The predicted octanol–water partition coefficient (Wildman–Crippen LogP) is 11.8. The van der Waals surface area contributed by atoms with Crippen LogP contribution in [0.2, 0.25) is 0 Å². The third kappa shape index (κ3) is 4.08. The first-order valence-corrected chi connectivity index (χ1v) is 16.9. The molecule has 9 aromatic rings. The van der Waals surface area contributed by atoms with Gasteiger partial charge in [0, 0.05) is 43.5 Å². The van der Waals surface area contributed by atoms with Crippen LogP contribution < -0.4 is 5.32 Å². The smallest absolute Gasteiger partial charge is 0.103 e. The Bertz CT molecular complexity index is 2630. The standard InChI is InChI=1S/C43H29N3S/c1-3-12-28(13-4-1)43-44-36-24-22-30(27-40(36)47-43)29-14-11-17-32(26-29)45-38-21-10-8-19-35(38)41-39(45)25-23-34-33-18-7-9-20-37(33)46(42(34)41)31-15-5-2-6-16-31/h1-27,43-44H. The molecule has 3 nitrogen and oxygen atoms in total. The van der Waals surface area contributed by atoms with Crippen molar-refractivity contribution in [1.29, 1.82) is 0 Å². The summed E-state index contributed by atoms with van der Waals surface area (Å²) in [5.74, 6) is 0. The van der Waals surface area contributed by atoms with Crippen molar-refractivity contribution < 1.29 is 0 Å². The van der Waals surface area contributed by atoms with E-state index in [0.29, 0.717) is 0 Å². The summed E-state index contributed by atoms with van der Waals surface area (Å²) in [6, 6.07) is 59.5. The van der Waals surface area contributed by atoms with Gasteiger partial charge in [0.25, 0.3) is 0 Å². The second-order valence-electron chi connectivity index (χ2n) is 12.2. The molecule has 0 bridgehead atoms. The molecule has 4 heteroatoms. The summed E-state index contributed by atoms with van der Waals surface area (Å²) in [4.78, 5) is 1.29. The SMILES string of the molecule is c1ccc(C2Nc3ccc(-c4cccc(-n5c6ccccc6c6c5ccc5c7ccccc7n(-c7ccccc7)c56)c4)cc3S2)cc1. The molecule has 10 rings (SSSR count). The lowest BCUT2D eigenvalue weighted by molar-refractivity contribution is 1.13. The van der Waals surface area contributed by atoms with E-state index in [2.05, 4.69) is 178 Å². The monoisotopic (exact) mass is 619 g/mol. The number of rotatable bonds is 4. The molecule has 0 aliphatic carbocycles. The zero-order valence-corrected chi connectivity index (χ0v) is 26.3. The van der Waals surface area contributed by atoms with Crippen molar-refractivity contribution >= 4 is 61.1 Å². The van der Waals surface area contributed by atoms with Gasteiger partial charge in [-0.05, 0) is 71.3 Å². The van der Waals surface area contributed by atoms with Crippen LogP contribution in [0.5, 0.6) is 0 Å². The maximum atomic E-state index is 3.70. The van der Waals surface area contributed by atoms with Crippen LogP contribution in [0.3, 0.4) is 0 Å². The molecule has 0 saturated heterocycles. The first-order chi connectivity index (χ1) is 23.3. The van der Waals surface area contributed by atoms with E-state index in [0.717, 1.165) is 5.69 Å². The average molecular weight is 620 g/mol. The molecule has 7 aromatic carbocycles. The Morgan fingerprint density at radius 1 is 0.468 bits per heavy atom. The van der Waals surface area contributed by atoms with Crippen LogP contribution >= 0.6 is 11.8 Å². The molecule has 1 aliphatic heterocycles. The number of hydrogen-bond donors (Lipinski definition) is 1. The molecule has 0 saturated carbocycles. The Morgan fingerprint density at radius 3 is 1.98 bits per heavy atom. The average Bonchev–Trinajstić information content (AvgIpc) is 3.82. The number of benzene rings is 7. The van der Waals surface area contributed by atoms with Gasteiger partial charge in [-0.25, -0.2) is 0 Å². The van der Waals surface area contributed by atoms with Gasteiger partial charge in [-0.3, -0.25) is 0 Å². The minimum Gasteiger partial charge on any atom is -0.368 e. The summed E-state index contributed by atoms with van der Waals surface area (Å²) in [6.07, 6.45) is 0. The topological polar surface area (TPSA) is 21.9 Å². The Labute approximate surface area is 276 Å². The number of anilines is 1. The second-order valence-corrected chi connectivity index (χ2v) is 13.4. The highest BCUT2D eigenvalue weighted by atomic mass is 32.2. The van der Waals surface area contributed by atoms with Gasteiger partial charge in [0.05, 0.1) is 22.1 Å². The number of hydrogen-bond acceptors (Lipinski definition) is 2. The Morgan fingerprint density at radius 2 is 1.15 bits per heavy atom. The normalized spacial score (nSPS) is 14.3. The maximum absolute atomic E-state index is 3.70. The summed E-state index contributed by atoms with van der Waals surface area (Å²) in [6.45, 7) is 0. The molecule has 1 aliphatic rings. The third-order valence-corrected chi connectivity index (χ3v) is 10.8. The van der Waals surface area contributed by atoms with Gasteiger partial charge in [-0.2, -0.15) is 0 Å². The van der Waals surface area contributed by atoms with E-state index in [4.69, 9.17) is 0 Å². The number of para-hydroxylation sites is 3. The van der Waals surface area contributed by atoms with E-state index in [-0.39, 0.29) is 5.37 Å². The highest BCUT2D eigenvalue weighted by Gasteiger charge is 2.24. The fourth-order valence-electron chi connectivity index (χ4n) is 7.45. The van der Waals surface area contributed by atoms with E-state index in [1.807, 2.05) is 11.8 Å². The van der Waals surface area contributed by atoms with Crippen molar-refractivity contribution in [2.45, 2.75) is 10.3 Å². The molecule has 47 heavy (non-hydrogen) atoms. The molecule has 1 N–H and O–H groups in total. The fourth-order valence-corrected chi connectivity index (χ4v) is 8.63. The van der Waals surface area contributed by atoms with Gasteiger partial charge >= 0.3 is 0 Å². The van der Waals surface area contributed by atoms with E-state index in [9.17, 15) is 0 Å². The number of aromatic nitrogens is 2. The molecule has 0 spiro atoms. The summed E-state index contributed by atoms with van der Waals surface area (Å²) in [5, 5.41) is 9.00. The van der Waals surface area contributed by atoms with Crippen molar-refractivity contribution in [2.24, 2.45) is 0 Å². The first kappa shape index (κ1) is 26.5. The third-order valence-electron chi connectivity index (χ3n) is 9.54. The van der Waals surface area contributed by atoms with Crippen molar-refractivity contribution in [3.8, 4) is 22.5 Å². The van der Waals surface area contributed by atoms with E-state index in [1.54, 1.807) is 0 Å². The van der Waals surface area contributed by atoms with Crippen LogP contribution in [0.15, 0.2) is 169 Å². The molecule has 0 amide bonds. The van der Waals surface area contributed by atoms with Crippen LogP contribution in [0.25, 0.3) is 66.1 Å². The van der Waals surface area contributed by atoms with Gasteiger partial charge in [-0.1, -0.05) is 121 Å². The largest absolute Gasteiger partial charge is 0.368 e. The molecule has 3 heterocycles. The Balaban J connectivity index is 1.17. The van der Waals surface area contributed by atoms with Gasteiger partial charge in [0.1, 0.15) is 5.37 Å². The Kier molecular flexibility index (Phi) is 5.87. The summed E-state index contributed by atoms with van der Waals surface area (Å²) in [5.41, 5.74) is 12.1. The van der Waals surface area contributed by atoms with E-state index in [1.165, 1.54) is 76.6 Å². The van der Waals surface area contributed by atoms with Gasteiger partial charge < -0.3 is 14.5 Å². The Hall–Kier alpha value is -5.71. The van der Waals surface area contributed by atoms with Gasteiger partial charge in [0.15, 0.2) is 0 Å². The number of thioether (sulfide) groups is 1. The van der Waals surface area contributed by atoms with Crippen LogP contribution in [0.1, 0.15) is 10.9 Å². The highest BCUT2D eigenvalue weighted by Crippen LogP contribution is 2.48. The lowest BCUT2D eigenvalue weighted by Gasteiger charge is -2.12. The lowest BCUT2D eigenvalue weighted by Crippen LogP contribution is -2.00. The minimum atomic E-state index is 0.230. The van der Waals surface area contributed by atoms with Crippen LogP contribution in [-0.4, -0.2) is 9.13 Å². The summed E-state index contributed by atoms with van der Waals surface area (Å²) < 4.78 is 4.88. The summed E-state index contributed by atoms with van der Waals surface area (Å²) >= 11 is 1.89. The highest BCUT2D eigenvalue weighted by molar-refractivity contribution is 8.00. The zero-order chi connectivity index (χ0) is 30.9. The van der Waals surface area contributed by atoms with Gasteiger partial charge in [-0.15, -0.1) is 0 Å². The number of nitrogens with one attached hydrogen (secondary N) is 1. The van der Waals surface area contributed by atoms with Gasteiger partial charge in [0.2, 0.25) is 0 Å². The van der Waals surface area contributed by atoms with Crippen molar-refractivity contribution in [3.05, 3.63) is 169 Å². The molecular formula is C43H29N3S. The minimum absolute atomic E-state index is 0.230. The molecule has 222 valence electrons. The predicted molar refractivity (Wildman–Crippen MR) is 199 cm³/mol. The van der Waals surface area contributed by atoms with Crippen molar-refractivity contribution in [2.75, 3.05) is 5.32 Å². The number of nitrogens with zero attached hydrogens (tertiary/aromatic N) is 2. The van der Waals surface area contributed by atoms with Crippen LogP contribution in [0, 0.1) is 0 Å². The van der Waals surface area contributed by atoms with E-state index < -0.39 is 0 Å². The first-order valence-electron chi connectivity index (χ1n) is 16.1. The summed E-state index contributed by atoms with van der Waals surface area (Å²) in [7, 11) is 0. The van der Waals surface area contributed by atoms with Crippen molar-refractivity contribution in [3.63, 3.8) is 0 Å². The molecular weight excluding hydrogens is 591 g/mol. The van der Waals surface area contributed by atoms with Crippen molar-refractivity contribution in [1.82, 2.24) is 9.13 Å².